The van der Waals surface area contributed by atoms with Crippen molar-refractivity contribution in [3.8, 4) is 0 Å². The first kappa shape index (κ1) is 18.0. The number of esters is 1. The van der Waals surface area contributed by atoms with Crippen molar-refractivity contribution in [2.45, 2.75) is 78.9 Å². The Morgan fingerprint density at radius 2 is 2.04 bits per heavy atom. The Morgan fingerprint density at radius 1 is 1.33 bits per heavy atom. The zero-order chi connectivity index (χ0) is 17.6. The number of hydrogen-bond donors (Lipinski definition) is 1. The molecule has 3 aliphatic carbocycles. The average molecular weight is 335 g/mol. The summed E-state index contributed by atoms with van der Waals surface area (Å²) in [6, 6.07) is 0. The van der Waals surface area contributed by atoms with Crippen LogP contribution in [0.3, 0.4) is 0 Å². The highest BCUT2D eigenvalue weighted by Gasteiger charge is 2.53. The Labute approximate surface area is 146 Å². The molecule has 0 saturated heterocycles. The predicted octanol–water partition coefficient (Wildman–Crippen LogP) is 4.34. The number of ether oxygens (including phenoxy) is 1. The third kappa shape index (κ3) is 2.94. The van der Waals surface area contributed by atoms with Crippen LogP contribution in [0.15, 0.2) is 11.6 Å². The summed E-state index contributed by atoms with van der Waals surface area (Å²) < 4.78 is 5.61. The maximum atomic E-state index is 11.5. The van der Waals surface area contributed by atoms with Crippen LogP contribution in [-0.4, -0.2) is 23.3 Å². The van der Waals surface area contributed by atoms with E-state index in [1.807, 2.05) is 0 Å². The van der Waals surface area contributed by atoms with Gasteiger partial charge < -0.3 is 9.84 Å². The van der Waals surface area contributed by atoms with Crippen molar-refractivity contribution >= 4 is 5.97 Å². The van der Waals surface area contributed by atoms with Crippen LogP contribution in [-0.2, 0) is 9.53 Å². The highest BCUT2D eigenvalue weighted by atomic mass is 16.5. The van der Waals surface area contributed by atoms with Crippen molar-refractivity contribution in [2.24, 2.45) is 35.0 Å². The maximum absolute atomic E-state index is 11.5. The van der Waals surface area contributed by atoms with E-state index in [2.05, 4.69) is 33.8 Å². The summed E-state index contributed by atoms with van der Waals surface area (Å²) in [5.41, 5.74) is 1.58. The molecule has 0 amide bonds. The van der Waals surface area contributed by atoms with Crippen molar-refractivity contribution in [2.75, 3.05) is 0 Å². The largest absolute Gasteiger partial charge is 0.462 e. The van der Waals surface area contributed by atoms with Crippen molar-refractivity contribution < 1.29 is 14.6 Å². The molecule has 0 heterocycles. The van der Waals surface area contributed by atoms with Gasteiger partial charge in [0.1, 0.15) is 6.10 Å². The average Bonchev–Trinajstić information content (AvgIpc) is 2.49. The summed E-state index contributed by atoms with van der Waals surface area (Å²) in [5.74, 6) is 2.98. The van der Waals surface area contributed by atoms with E-state index in [1.165, 1.54) is 18.9 Å². The first-order valence-electron chi connectivity index (χ1n) is 9.80. The molecule has 0 bridgehead atoms. The molecule has 3 heteroatoms. The highest BCUT2D eigenvalue weighted by Crippen LogP contribution is 2.58. The second-order valence-corrected chi connectivity index (χ2v) is 8.97. The monoisotopic (exact) mass is 334 g/mol. The van der Waals surface area contributed by atoms with Gasteiger partial charge >= 0.3 is 5.97 Å². The van der Waals surface area contributed by atoms with Gasteiger partial charge in [0.15, 0.2) is 0 Å². The van der Waals surface area contributed by atoms with Crippen LogP contribution in [0, 0.1) is 35.0 Å². The van der Waals surface area contributed by atoms with E-state index < -0.39 is 0 Å². The van der Waals surface area contributed by atoms with Crippen LogP contribution in [0.5, 0.6) is 0 Å². The van der Waals surface area contributed by atoms with Crippen molar-refractivity contribution in [3.63, 3.8) is 0 Å². The minimum Gasteiger partial charge on any atom is -0.462 e. The molecule has 3 nitrogen and oxygen atoms in total. The lowest BCUT2D eigenvalue weighted by Crippen LogP contribution is -2.52. The lowest BCUT2D eigenvalue weighted by molar-refractivity contribution is -0.161. The molecular weight excluding hydrogens is 300 g/mol. The molecular formula is C21H34O3. The first-order valence-corrected chi connectivity index (χ1v) is 9.80. The molecule has 0 spiro atoms. The molecule has 2 saturated carbocycles. The normalized spacial score (nSPS) is 46.3. The van der Waals surface area contributed by atoms with Crippen LogP contribution in [0.2, 0.25) is 0 Å². The van der Waals surface area contributed by atoms with Crippen LogP contribution in [0.1, 0.15) is 66.7 Å². The Morgan fingerprint density at radius 3 is 2.71 bits per heavy atom. The highest BCUT2D eigenvalue weighted by molar-refractivity contribution is 5.66. The SMILES string of the molecule is CC(=O)O[C@@H](C)[C@@]1(C)CC[C@H]2[C@H](C1C)[C@H](C)C=C1C[C@@H](O)CC[C@@H]12. The number of hydrogen-bond acceptors (Lipinski definition) is 3. The second-order valence-electron chi connectivity index (χ2n) is 8.97. The quantitative estimate of drug-likeness (QED) is 0.603. The Hall–Kier alpha value is -0.830. The third-order valence-corrected chi connectivity index (χ3v) is 7.76. The summed E-state index contributed by atoms with van der Waals surface area (Å²) in [4.78, 5) is 11.5. The fourth-order valence-corrected chi connectivity index (χ4v) is 6.19. The predicted molar refractivity (Wildman–Crippen MR) is 95.3 cm³/mol. The van der Waals surface area contributed by atoms with Crippen molar-refractivity contribution in [1.29, 1.82) is 0 Å². The van der Waals surface area contributed by atoms with Crippen LogP contribution in [0.4, 0.5) is 0 Å². The summed E-state index contributed by atoms with van der Waals surface area (Å²) >= 11 is 0. The number of rotatable bonds is 2. The molecule has 8 atom stereocenters. The van der Waals surface area contributed by atoms with E-state index in [-0.39, 0.29) is 23.6 Å². The van der Waals surface area contributed by atoms with E-state index in [9.17, 15) is 9.90 Å². The number of carbonyl (C=O) groups excluding carboxylic acids is 1. The fourth-order valence-electron chi connectivity index (χ4n) is 6.19. The van der Waals surface area contributed by atoms with Gasteiger partial charge in [0.25, 0.3) is 0 Å². The van der Waals surface area contributed by atoms with Crippen LogP contribution >= 0.6 is 0 Å². The van der Waals surface area contributed by atoms with Crippen LogP contribution in [0.25, 0.3) is 0 Å². The van der Waals surface area contributed by atoms with Gasteiger partial charge in [-0.25, -0.2) is 0 Å². The van der Waals surface area contributed by atoms with Crippen LogP contribution < -0.4 is 0 Å². The standard InChI is InChI=1S/C21H34O3/c1-12-10-16-11-17(23)6-7-18(16)19-8-9-21(5,13(2)20(12)19)14(3)24-15(4)22/h10,12-14,17-20,23H,6-9,11H2,1-5H3/t12-,13?,14+,17+,18+,19-,20+,21+/m1/s1. The molecule has 0 aromatic heterocycles. The van der Waals surface area contributed by atoms with Gasteiger partial charge in [-0.15, -0.1) is 0 Å². The number of allylic oxidation sites excluding steroid dienone is 1. The smallest absolute Gasteiger partial charge is 0.302 e. The molecule has 136 valence electrons. The van der Waals surface area contributed by atoms with Gasteiger partial charge in [-0.1, -0.05) is 32.4 Å². The maximum Gasteiger partial charge on any atom is 0.302 e. The van der Waals surface area contributed by atoms with E-state index >= 15 is 0 Å². The van der Waals surface area contributed by atoms with E-state index in [1.54, 1.807) is 0 Å². The van der Waals surface area contributed by atoms with Gasteiger partial charge in [-0.3, -0.25) is 4.79 Å². The van der Waals surface area contributed by atoms with Crippen molar-refractivity contribution in [1.82, 2.24) is 0 Å². The van der Waals surface area contributed by atoms with Gasteiger partial charge in [-0.2, -0.15) is 0 Å². The summed E-state index contributed by atoms with van der Waals surface area (Å²) in [6.45, 7) is 10.6. The molecule has 3 aliphatic rings. The second kappa shape index (κ2) is 6.48. The minimum absolute atomic E-state index is 0.0308. The Bertz CT molecular complexity index is 525. The topological polar surface area (TPSA) is 46.5 Å². The minimum atomic E-state index is -0.168. The molecule has 1 unspecified atom stereocenters. The number of aliphatic hydroxyl groups is 1. The number of fused-ring (bicyclic) bond motifs is 3. The molecule has 0 aromatic rings. The third-order valence-electron chi connectivity index (χ3n) is 7.76. The lowest BCUT2D eigenvalue weighted by Gasteiger charge is -2.56. The molecule has 0 radical (unpaired) electrons. The number of aliphatic hydroxyl groups excluding tert-OH is 1. The molecule has 0 aromatic carbocycles. The fraction of sp³-hybridized carbons (Fsp3) is 0.857. The summed E-state index contributed by atoms with van der Waals surface area (Å²) in [5, 5.41) is 10.0. The Kier molecular flexibility index (Phi) is 4.85. The summed E-state index contributed by atoms with van der Waals surface area (Å²) in [7, 11) is 0. The Balaban J connectivity index is 1.85. The van der Waals surface area contributed by atoms with Gasteiger partial charge in [0.2, 0.25) is 0 Å². The lowest BCUT2D eigenvalue weighted by atomic mass is 9.49. The van der Waals surface area contributed by atoms with E-state index in [0.717, 1.165) is 31.6 Å². The summed E-state index contributed by atoms with van der Waals surface area (Å²) in [6.07, 6.45) is 7.63. The zero-order valence-corrected chi connectivity index (χ0v) is 15.9. The van der Waals surface area contributed by atoms with E-state index in [4.69, 9.17) is 4.74 Å². The molecule has 24 heavy (non-hydrogen) atoms. The zero-order valence-electron chi connectivity index (χ0n) is 15.9. The molecule has 1 N–H and O–H groups in total. The van der Waals surface area contributed by atoms with Crippen molar-refractivity contribution in [3.05, 3.63) is 11.6 Å². The van der Waals surface area contributed by atoms with E-state index in [0.29, 0.717) is 23.7 Å². The molecule has 3 rings (SSSR count). The number of carbonyl (C=O) groups is 1. The van der Waals surface area contributed by atoms with Gasteiger partial charge in [0.05, 0.1) is 6.10 Å². The molecule has 2 fully saturated rings. The van der Waals surface area contributed by atoms with Gasteiger partial charge in [0, 0.05) is 12.3 Å². The first-order chi connectivity index (χ1) is 11.2. The molecule has 0 aliphatic heterocycles. The van der Waals surface area contributed by atoms with Gasteiger partial charge in [-0.05, 0) is 68.6 Å².